The molecule has 2 aliphatic heterocycles. The van der Waals surface area contributed by atoms with Gasteiger partial charge in [-0.1, -0.05) is 0 Å². The molecule has 3 heterocycles. The summed E-state index contributed by atoms with van der Waals surface area (Å²) in [6.07, 6.45) is 6.28. The van der Waals surface area contributed by atoms with E-state index in [-0.39, 0.29) is 11.9 Å². The summed E-state index contributed by atoms with van der Waals surface area (Å²) in [4.78, 5) is 23.4. The second kappa shape index (κ2) is 5.54. The van der Waals surface area contributed by atoms with Crippen LogP contribution in [0.1, 0.15) is 37.5 Å². The molecule has 2 fully saturated rings. The lowest BCUT2D eigenvalue weighted by atomic mass is 10.0. The van der Waals surface area contributed by atoms with Crippen molar-refractivity contribution in [3.8, 4) is 0 Å². The molecule has 2 aliphatic rings. The number of hydrogen-bond acceptors (Lipinski definition) is 4. The molecule has 0 saturated carbocycles. The quantitative estimate of drug-likeness (QED) is 0.846. The average Bonchev–Trinajstić information content (AvgIpc) is 3.17. The first-order valence-electron chi connectivity index (χ1n) is 7.35. The van der Waals surface area contributed by atoms with Crippen molar-refractivity contribution in [2.75, 3.05) is 20.1 Å². The number of H-pyrrole nitrogens is 1. The number of aromatic nitrogens is 2. The largest absolute Gasteiger partial charge is 0.377 e. The number of rotatable bonds is 3. The van der Waals surface area contributed by atoms with Crippen LogP contribution in [0, 0.1) is 0 Å². The van der Waals surface area contributed by atoms with Gasteiger partial charge in [0.05, 0.1) is 18.2 Å². The molecule has 3 atom stereocenters. The number of carbonyl (C=O) groups is 1. The van der Waals surface area contributed by atoms with E-state index < -0.39 is 6.10 Å². The third-order valence-corrected chi connectivity index (χ3v) is 4.65. The van der Waals surface area contributed by atoms with E-state index in [1.807, 2.05) is 4.90 Å². The fraction of sp³-hybridized carbons (Fsp3) is 0.714. The number of nitrogens with one attached hydrogen (secondary N) is 1. The molecule has 3 unspecified atom stereocenters. The molecule has 1 amide bonds. The van der Waals surface area contributed by atoms with Crippen molar-refractivity contribution in [2.24, 2.45) is 0 Å². The number of likely N-dealkylation sites (tertiary alicyclic amines) is 2. The van der Waals surface area contributed by atoms with Crippen LogP contribution in [0.3, 0.4) is 0 Å². The van der Waals surface area contributed by atoms with Crippen LogP contribution in [0.4, 0.5) is 0 Å². The molecule has 0 aromatic carbocycles. The summed E-state index contributed by atoms with van der Waals surface area (Å²) in [5, 5.41) is 10.2. The van der Waals surface area contributed by atoms with Crippen molar-refractivity contribution >= 4 is 5.91 Å². The van der Waals surface area contributed by atoms with E-state index >= 15 is 0 Å². The third-order valence-electron chi connectivity index (χ3n) is 4.65. The van der Waals surface area contributed by atoms with Crippen LogP contribution < -0.4 is 0 Å². The first-order chi connectivity index (χ1) is 9.68. The maximum Gasteiger partial charge on any atom is 0.257 e. The van der Waals surface area contributed by atoms with E-state index in [2.05, 4.69) is 21.9 Å². The van der Waals surface area contributed by atoms with E-state index in [1.54, 1.807) is 0 Å². The Hall–Kier alpha value is -1.40. The molecule has 2 N–H and O–H groups in total. The number of aliphatic hydroxyl groups is 1. The summed E-state index contributed by atoms with van der Waals surface area (Å²) in [5.41, 5.74) is 0.473. The Labute approximate surface area is 118 Å². The van der Waals surface area contributed by atoms with E-state index in [1.165, 1.54) is 18.9 Å². The third kappa shape index (κ3) is 2.33. The zero-order chi connectivity index (χ0) is 14.1. The van der Waals surface area contributed by atoms with Gasteiger partial charge in [0.15, 0.2) is 6.10 Å². The van der Waals surface area contributed by atoms with Crippen molar-refractivity contribution in [3.63, 3.8) is 0 Å². The number of aliphatic hydroxyl groups excluding tert-OH is 1. The number of likely N-dealkylation sites (N-methyl/N-ethyl adjacent to an activating group) is 1. The standard InChI is InChI=1S/C14H22N4O2/c1-17-6-2-4-11(17)12-5-3-7-18(12)14(20)13(19)10-8-15-9-16-10/h8-9,11-13,19H,2-7H2,1H3,(H,15,16). The van der Waals surface area contributed by atoms with Gasteiger partial charge in [0.1, 0.15) is 0 Å². The Morgan fingerprint density at radius 2 is 2.15 bits per heavy atom. The number of carbonyl (C=O) groups excluding carboxylic acids is 1. The van der Waals surface area contributed by atoms with E-state index in [0.717, 1.165) is 32.4 Å². The van der Waals surface area contributed by atoms with E-state index in [4.69, 9.17) is 0 Å². The van der Waals surface area contributed by atoms with Crippen molar-refractivity contribution in [1.29, 1.82) is 0 Å². The van der Waals surface area contributed by atoms with Crippen molar-refractivity contribution in [1.82, 2.24) is 19.8 Å². The number of imidazole rings is 1. The number of nitrogens with zero attached hydrogens (tertiary/aromatic N) is 3. The minimum Gasteiger partial charge on any atom is -0.377 e. The van der Waals surface area contributed by atoms with E-state index in [9.17, 15) is 9.90 Å². The molecule has 0 bridgehead atoms. The van der Waals surface area contributed by atoms with Crippen LogP contribution in [-0.2, 0) is 4.79 Å². The Morgan fingerprint density at radius 3 is 2.80 bits per heavy atom. The topological polar surface area (TPSA) is 72.5 Å². The minimum absolute atomic E-state index is 0.197. The normalized spacial score (nSPS) is 29.0. The highest BCUT2D eigenvalue weighted by Gasteiger charge is 2.40. The maximum atomic E-state index is 12.5. The van der Waals surface area contributed by atoms with Crippen LogP contribution in [0.2, 0.25) is 0 Å². The summed E-state index contributed by atoms with van der Waals surface area (Å²) < 4.78 is 0. The first-order valence-corrected chi connectivity index (χ1v) is 7.35. The predicted molar refractivity (Wildman–Crippen MR) is 73.9 cm³/mol. The summed E-state index contributed by atoms with van der Waals surface area (Å²) in [7, 11) is 2.13. The summed E-state index contributed by atoms with van der Waals surface area (Å²) >= 11 is 0. The Kier molecular flexibility index (Phi) is 3.76. The maximum absolute atomic E-state index is 12.5. The second-order valence-corrected chi connectivity index (χ2v) is 5.84. The van der Waals surface area contributed by atoms with Gasteiger partial charge >= 0.3 is 0 Å². The van der Waals surface area contributed by atoms with Crippen LogP contribution in [0.25, 0.3) is 0 Å². The fourth-order valence-electron chi connectivity index (χ4n) is 3.59. The molecule has 0 spiro atoms. The number of hydrogen-bond donors (Lipinski definition) is 2. The van der Waals surface area contributed by atoms with Gasteiger partial charge < -0.3 is 19.9 Å². The molecule has 2 saturated heterocycles. The lowest BCUT2D eigenvalue weighted by Gasteiger charge is -2.34. The lowest BCUT2D eigenvalue weighted by molar-refractivity contribution is -0.142. The smallest absolute Gasteiger partial charge is 0.257 e. The van der Waals surface area contributed by atoms with Crippen molar-refractivity contribution in [3.05, 3.63) is 18.2 Å². The predicted octanol–water partition coefficient (Wildman–Crippen LogP) is 0.528. The fourth-order valence-corrected chi connectivity index (χ4v) is 3.59. The summed E-state index contributed by atoms with van der Waals surface area (Å²) in [5.74, 6) is -0.197. The molecule has 0 radical (unpaired) electrons. The minimum atomic E-state index is -1.12. The highest BCUT2D eigenvalue weighted by Crippen LogP contribution is 2.30. The monoisotopic (exact) mass is 278 g/mol. The second-order valence-electron chi connectivity index (χ2n) is 5.84. The molecular weight excluding hydrogens is 256 g/mol. The summed E-state index contributed by atoms with van der Waals surface area (Å²) in [6.45, 7) is 1.85. The Balaban J connectivity index is 1.73. The Morgan fingerprint density at radius 1 is 1.40 bits per heavy atom. The molecule has 6 nitrogen and oxygen atoms in total. The van der Waals surface area contributed by atoms with Gasteiger partial charge in [0.2, 0.25) is 0 Å². The molecule has 1 aromatic rings. The van der Waals surface area contributed by atoms with Crippen LogP contribution in [-0.4, -0.2) is 63.0 Å². The van der Waals surface area contributed by atoms with Crippen molar-refractivity contribution in [2.45, 2.75) is 43.9 Å². The van der Waals surface area contributed by atoms with Gasteiger partial charge in [-0.25, -0.2) is 4.98 Å². The van der Waals surface area contributed by atoms with E-state index in [0.29, 0.717) is 11.7 Å². The molecule has 0 aliphatic carbocycles. The Bertz CT molecular complexity index is 462. The molecule has 6 heteroatoms. The van der Waals surface area contributed by atoms with Gasteiger partial charge in [-0.05, 0) is 39.3 Å². The van der Waals surface area contributed by atoms with Gasteiger partial charge in [0, 0.05) is 18.6 Å². The van der Waals surface area contributed by atoms with Crippen LogP contribution >= 0.6 is 0 Å². The molecule has 3 rings (SSSR count). The summed E-state index contributed by atoms with van der Waals surface area (Å²) in [6, 6.07) is 0.683. The molecule has 1 aromatic heterocycles. The molecule has 110 valence electrons. The van der Waals surface area contributed by atoms with Crippen molar-refractivity contribution < 1.29 is 9.90 Å². The van der Waals surface area contributed by atoms with Gasteiger partial charge in [-0.3, -0.25) is 4.79 Å². The zero-order valence-electron chi connectivity index (χ0n) is 11.8. The van der Waals surface area contributed by atoms with Crippen LogP contribution in [0.15, 0.2) is 12.5 Å². The highest BCUT2D eigenvalue weighted by molar-refractivity contribution is 5.82. The number of aromatic amines is 1. The lowest BCUT2D eigenvalue weighted by Crippen LogP contribution is -2.48. The zero-order valence-corrected chi connectivity index (χ0v) is 11.8. The molecule has 20 heavy (non-hydrogen) atoms. The van der Waals surface area contributed by atoms with Gasteiger partial charge in [-0.2, -0.15) is 0 Å². The van der Waals surface area contributed by atoms with Gasteiger partial charge in [0.25, 0.3) is 5.91 Å². The first kappa shape index (κ1) is 13.6. The van der Waals surface area contributed by atoms with Gasteiger partial charge in [-0.15, -0.1) is 0 Å². The van der Waals surface area contributed by atoms with Crippen LogP contribution in [0.5, 0.6) is 0 Å². The number of amides is 1. The SMILES string of the molecule is CN1CCCC1C1CCCN1C(=O)C(O)c1cnc[nH]1. The molecular formula is C14H22N4O2. The highest BCUT2D eigenvalue weighted by atomic mass is 16.3. The average molecular weight is 278 g/mol.